The highest BCUT2D eigenvalue weighted by Crippen LogP contribution is 2.17. The Bertz CT molecular complexity index is 476. The molecule has 0 radical (unpaired) electrons. The van der Waals surface area contributed by atoms with Gasteiger partial charge in [0, 0.05) is 26.2 Å². The molecule has 0 aliphatic carbocycles. The number of nitrogens with one attached hydrogen (secondary N) is 1. The standard InChI is InChI=1S/C18H29N3/c1-5-19-18(21-10-6-7-11-21)20-9-8-17-15(3)12-14(2)13-16(17)4/h12-13H,5-11H2,1-4H3,(H,19,20). The summed E-state index contributed by atoms with van der Waals surface area (Å²) in [7, 11) is 0. The van der Waals surface area contributed by atoms with E-state index >= 15 is 0 Å². The van der Waals surface area contributed by atoms with E-state index in [1.165, 1.54) is 35.1 Å². The van der Waals surface area contributed by atoms with Gasteiger partial charge in [0.15, 0.2) is 5.96 Å². The first-order chi connectivity index (χ1) is 10.1. The van der Waals surface area contributed by atoms with Crippen LogP contribution in [0, 0.1) is 20.8 Å². The molecule has 0 atom stereocenters. The molecule has 1 aromatic carbocycles. The van der Waals surface area contributed by atoms with Gasteiger partial charge in [0.05, 0.1) is 0 Å². The van der Waals surface area contributed by atoms with Crippen LogP contribution < -0.4 is 5.32 Å². The highest BCUT2D eigenvalue weighted by atomic mass is 15.3. The molecule has 1 fully saturated rings. The first-order valence-corrected chi connectivity index (χ1v) is 8.21. The molecule has 1 heterocycles. The summed E-state index contributed by atoms with van der Waals surface area (Å²) in [6.45, 7) is 12.8. The minimum Gasteiger partial charge on any atom is -0.357 e. The first-order valence-electron chi connectivity index (χ1n) is 8.21. The predicted octanol–water partition coefficient (Wildman–Crippen LogP) is 3.22. The topological polar surface area (TPSA) is 27.6 Å². The van der Waals surface area contributed by atoms with Crippen LogP contribution in [0.3, 0.4) is 0 Å². The number of likely N-dealkylation sites (tertiary alicyclic amines) is 1. The van der Waals surface area contributed by atoms with Crippen molar-refractivity contribution in [2.75, 3.05) is 26.2 Å². The highest BCUT2D eigenvalue weighted by Gasteiger charge is 2.15. The van der Waals surface area contributed by atoms with Gasteiger partial charge in [0.2, 0.25) is 0 Å². The predicted molar refractivity (Wildman–Crippen MR) is 91.1 cm³/mol. The molecule has 1 saturated heterocycles. The number of hydrogen-bond donors (Lipinski definition) is 1. The fourth-order valence-electron chi connectivity index (χ4n) is 3.23. The number of guanidine groups is 1. The molecular formula is C18H29N3. The average molecular weight is 287 g/mol. The van der Waals surface area contributed by atoms with Crippen molar-refractivity contribution in [2.45, 2.75) is 47.0 Å². The second-order valence-corrected chi connectivity index (χ2v) is 6.06. The fraction of sp³-hybridized carbons (Fsp3) is 0.611. The van der Waals surface area contributed by atoms with Crippen molar-refractivity contribution in [3.8, 4) is 0 Å². The van der Waals surface area contributed by atoms with Crippen molar-refractivity contribution < 1.29 is 0 Å². The van der Waals surface area contributed by atoms with Crippen LogP contribution >= 0.6 is 0 Å². The number of nitrogens with zero attached hydrogens (tertiary/aromatic N) is 2. The summed E-state index contributed by atoms with van der Waals surface area (Å²) in [5.41, 5.74) is 5.60. The van der Waals surface area contributed by atoms with Crippen molar-refractivity contribution >= 4 is 5.96 Å². The van der Waals surface area contributed by atoms with E-state index in [2.05, 4.69) is 50.0 Å². The third kappa shape index (κ3) is 4.23. The third-order valence-electron chi connectivity index (χ3n) is 4.20. The van der Waals surface area contributed by atoms with E-state index in [4.69, 9.17) is 4.99 Å². The van der Waals surface area contributed by atoms with Crippen LogP contribution in [0.25, 0.3) is 0 Å². The van der Waals surface area contributed by atoms with E-state index in [9.17, 15) is 0 Å². The number of aryl methyl sites for hydroxylation is 3. The van der Waals surface area contributed by atoms with Crippen LogP contribution in [-0.2, 0) is 6.42 Å². The van der Waals surface area contributed by atoms with Crippen LogP contribution in [-0.4, -0.2) is 37.0 Å². The smallest absolute Gasteiger partial charge is 0.193 e. The Morgan fingerprint density at radius 1 is 1.14 bits per heavy atom. The molecule has 0 spiro atoms. The molecule has 1 aliphatic rings. The summed E-state index contributed by atoms with van der Waals surface area (Å²) in [4.78, 5) is 7.21. The monoisotopic (exact) mass is 287 g/mol. The van der Waals surface area contributed by atoms with Gasteiger partial charge < -0.3 is 10.2 Å². The lowest BCUT2D eigenvalue weighted by Gasteiger charge is -2.20. The van der Waals surface area contributed by atoms with E-state index in [-0.39, 0.29) is 0 Å². The zero-order valence-electron chi connectivity index (χ0n) is 14.0. The highest BCUT2D eigenvalue weighted by molar-refractivity contribution is 5.80. The summed E-state index contributed by atoms with van der Waals surface area (Å²) in [5.74, 6) is 1.09. The van der Waals surface area contributed by atoms with Gasteiger partial charge in [-0.15, -0.1) is 0 Å². The summed E-state index contributed by atoms with van der Waals surface area (Å²) in [6, 6.07) is 4.55. The molecule has 0 amide bonds. The first kappa shape index (κ1) is 15.9. The quantitative estimate of drug-likeness (QED) is 0.680. The lowest BCUT2D eigenvalue weighted by atomic mass is 9.97. The largest absolute Gasteiger partial charge is 0.357 e. The second-order valence-electron chi connectivity index (χ2n) is 6.06. The summed E-state index contributed by atoms with van der Waals surface area (Å²) >= 11 is 0. The molecule has 116 valence electrons. The Kier molecular flexibility index (Phi) is 5.66. The molecule has 0 saturated carbocycles. The zero-order valence-corrected chi connectivity index (χ0v) is 14.0. The minimum atomic E-state index is 0.865. The number of rotatable bonds is 4. The molecule has 0 unspecified atom stereocenters. The Hall–Kier alpha value is -1.51. The molecule has 1 N–H and O–H groups in total. The third-order valence-corrected chi connectivity index (χ3v) is 4.20. The molecule has 1 aromatic rings. The normalized spacial score (nSPS) is 15.6. The number of hydrogen-bond acceptors (Lipinski definition) is 1. The van der Waals surface area contributed by atoms with Gasteiger partial charge in [-0.05, 0) is 63.6 Å². The van der Waals surface area contributed by atoms with E-state index in [0.29, 0.717) is 0 Å². The van der Waals surface area contributed by atoms with Gasteiger partial charge in [-0.3, -0.25) is 4.99 Å². The Morgan fingerprint density at radius 2 is 1.76 bits per heavy atom. The minimum absolute atomic E-state index is 0.865. The van der Waals surface area contributed by atoms with Crippen LogP contribution in [0.15, 0.2) is 17.1 Å². The van der Waals surface area contributed by atoms with Crippen LogP contribution in [0.2, 0.25) is 0 Å². The molecule has 2 rings (SSSR count). The summed E-state index contributed by atoms with van der Waals surface area (Å²) < 4.78 is 0. The molecule has 1 aliphatic heterocycles. The van der Waals surface area contributed by atoms with Gasteiger partial charge in [-0.1, -0.05) is 17.7 Å². The zero-order chi connectivity index (χ0) is 15.2. The Morgan fingerprint density at radius 3 is 2.33 bits per heavy atom. The lowest BCUT2D eigenvalue weighted by molar-refractivity contribution is 0.494. The van der Waals surface area contributed by atoms with Crippen LogP contribution in [0.4, 0.5) is 0 Å². The van der Waals surface area contributed by atoms with Crippen molar-refractivity contribution in [3.05, 3.63) is 34.4 Å². The second kappa shape index (κ2) is 7.48. The van der Waals surface area contributed by atoms with Gasteiger partial charge >= 0.3 is 0 Å². The van der Waals surface area contributed by atoms with Crippen molar-refractivity contribution in [3.63, 3.8) is 0 Å². The van der Waals surface area contributed by atoms with Crippen LogP contribution in [0.5, 0.6) is 0 Å². The average Bonchev–Trinajstić information content (AvgIpc) is 2.94. The number of aliphatic imine (C=N–C) groups is 1. The Labute approximate surface area is 129 Å². The molecule has 3 heteroatoms. The van der Waals surface area contributed by atoms with E-state index in [1.807, 2.05) is 0 Å². The van der Waals surface area contributed by atoms with Crippen molar-refractivity contribution in [2.24, 2.45) is 4.99 Å². The summed E-state index contributed by atoms with van der Waals surface area (Å²) in [6.07, 6.45) is 3.61. The van der Waals surface area contributed by atoms with Crippen LogP contribution in [0.1, 0.15) is 42.0 Å². The molecule has 3 nitrogen and oxygen atoms in total. The SMILES string of the molecule is CCNC(=NCCc1c(C)cc(C)cc1C)N1CCCC1. The van der Waals surface area contributed by atoms with Gasteiger partial charge in [-0.25, -0.2) is 0 Å². The summed E-state index contributed by atoms with van der Waals surface area (Å²) in [5, 5.41) is 3.43. The van der Waals surface area contributed by atoms with Gasteiger partial charge in [-0.2, -0.15) is 0 Å². The van der Waals surface area contributed by atoms with E-state index in [1.54, 1.807) is 0 Å². The molecule has 0 bridgehead atoms. The van der Waals surface area contributed by atoms with E-state index < -0.39 is 0 Å². The maximum atomic E-state index is 4.83. The number of benzene rings is 1. The maximum absolute atomic E-state index is 4.83. The van der Waals surface area contributed by atoms with E-state index in [0.717, 1.165) is 38.6 Å². The fourth-order valence-corrected chi connectivity index (χ4v) is 3.23. The van der Waals surface area contributed by atoms with Crippen molar-refractivity contribution in [1.29, 1.82) is 0 Å². The molecular weight excluding hydrogens is 258 g/mol. The molecule has 0 aromatic heterocycles. The Balaban J connectivity index is 2.02. The van der Waals surface area contributed by atoms with Gasteiger partial charge in [0.25, 0.3) is 0 Å². The lowest BCUT2D eigenvalue weighted by Crippen LogP contribution is -2.39. The van der Waals surface area contributed by atoms with Gasteiger partial charge in [0.1, 0.15) is 0 Å². The van der Waals surface area contributed by atoms with Crippen molar-refractivity contribution in [1.82, 2.24) is 10.2 Å². The maximum Gasteiger partial charge on any atom is 0.193 e. The molecule has 21 heavy (non-hydrogen) atoms.